The van der Waals surface area contributed by atoms with Crippen LogP contribution in [0.2, 0.25) is 0 Å². The Balaban J connectivity index is 2.01. The molecular weight excluding hydrogens is 290 g/mol. The average molecular weight is 304 g/mol. The van der Waals surface area contributed by atoms with Crippen LogP contribution in [0.4, 0.5) is 11.5 Å². The van der Waals surface area contributed by atoms with Crippen molar-refractivity contribution < 1.29 is 4.21 Å². The van der Waals surface area contributed by atoms with Crippen LogP contribution in [0.5, 0.6) is 0 Å². The standard InChI is InChI=1S/C10H14BrN3OS/c11-7-5-9(12)10(13-6-7)14-8-1-3-16(15)4-2-8/h5-6,8H,1-4,12H2,(H,13,14). The lowest BCUT2D eigenvalue weighted by molar-refractivity contribution is 0.623. The Morgan fingerprint density at radius 2 is 2.19 bits per heavy atom. The van der Waals surface area contributed by atoms with Crippen LogP contribution in [0.25, 0.3) is 0 Å². The molecule has 2 heterocycles. The van der Waals surface area contributed by atoms with Gasteiger partial charge in [-0.15, -0.1) is 0 Å². The molecule has 0 aliphatic carbocycles. The molecule has 0 spiro atoms. The van der Waals surface area contributed by atoms with Gasteiger partial charge < -0.3 is 11.1 Å². The number of rotatable bonds is 2. The molecular formula is C10H14BrN3OS. The van der Waals surface area contributed by atoms with Gasteiger partial charge >= 0.3 is 0 Å². The molecule has 3 N–H and O–H groups in total. The number of pyridine rings is 1. The highest BCUT2D eigenvalue weighted by atomic mass is 79.9. The van der Waals surface area contributed by atoms with Crippen LogP contribution in [0.1, 0.15) is 12.8 Å². The minimum atomic E-state index is -0.627. The zero-order chi connectivity index (χ0) is 11.5. The van der Waals surface area contributed by atoms with Crippen molar-refractivity contribution in [2.24, 2.45) is 0 Å². The van der Waals surface area contributed by atoms with Crippen molar-refractivity contribution in [3.05, 3.63) is 16.7 Å². The van der Waals surface area contributed by atoms with Crippen LogP contribution < -0.4 is 11.1 Å². The first-order chi connectivity index (χ1) is 7.65. The Hall–Kier alpha value is -0.620. The van der Waals surface area contributed by atoms with E-state index in [1.54, 1.807) is 6.20 Å². The van der Waals surface area contributed by atoms with E-state index >= 15 is 0 Å². The maximum atomic E-state index is 11.2. The van der Waals surface area contributed by atoms with E-state index in [0.29, 0.717) is 11.7 Å². The molecule has 1 aromatic heterocycles. The first-order valence-electron chi connectivity index (χ1n) is 5.17. The normalized spacial score (nSPS) is 25.3. The van der Waals surface area contributed by atoms with Crippen molar-refractivity contribution in [1.29, 1.82) is 0 Å². The van der Waals surface area contributed by atoms with Crippen LogP contribution in [-0.4, -0.2) is 26.7 Å². The smallest absolute Gasteiger partial charge is 0.149 e. The van der Waals surface area contributed by atoms with Gasteiger partial charge in [0, 0.05) is 39.0 Å². The second-order valence-electron chi connectivity index (χ2n) is 3.86. The first kappa shape index (κ1) is 11.9. The number of anilines is 2. The highest BCUT2D eigenvalue weighted by molar-refractivity contribution is 9.10. The van der Waals surface area contributed by atoms with E-state index in [9.17, 15) is 4.21 Å². The summed E-state index contributed by atoms with van der Waals surface area (Å²) in [4.78, 5) is 4.23. The molecule has 1 saturated heterocycles. The fraction of sp³-hybridized carbons (Fsp3) is 0.500. The number of aromatic nitrogens is 1. The molecule has 88 valence electrons. The number of nitrogens with two attached hydrogens (primary N) is 1. The third-order valence-electron chi connectivity index (χ3n) is 2.61. The van der Waals surface area contributed by atoms with Gasteiger partial charge in [-0.3, -0.25) is 4.21 Å². The topological polar surface area (TPSA) is 68.0 Å². The van der Waals surface area contributed by atoms with Gasteiger partial charge in [0.1, 0.15) is 5.82 Å². The molecule has 0 radical (unpaired) electrons. The van der Waals surface area contributed by atoms with E-state index in [4.69, 9.17) is 5.73 Å². The molecule has 2 rings (SSSR count). The predicted molar refractivity (Wildman–Crippen MR) is 70.9 cm³/mol. The monoisotopic (exact) mass is 303 g/mol. The molecule has 0 amide bonds. The van der Waals surface area contributed by atoms with E-state index in [1.807, 2.05) is 6.07 Å². The highest BCUT2D eigenvalue weighted by Gasteiger charge is 2.18. The maximum Gasteiger partial charge on any atom is 0.149 e. The third-order valence-corrected chi connectivity index (χ3v) is 4.43. The van der Waals surface area contributed by atoms with E-state index in [0.717, 1.165) is 34.6 Å². The van der Waals surface area contributed by atoms with Crippen molar-refractivity contribution in [1.82, 2.24) is 4.98 Å². The molecule has 1 aliphatic rings. The molecule has 4 nitrogen and oxygen atoms in total. The van der Waals surface area contributed by atoms with Gasteiger partial charge in [-0.1, -0.05) is 0 Å². The zero-order valence-electron chi connectivity index (χ0n) is 8.78. The van der Waals surface area contributed by atoms with E-state index < -0.39 is 10.8 Å². The van der Waals surface area contributed by atoms with Crippen molar-refractivity contribution in [3.63, 3.8) is 0 Å². The maximum absolute atomic E-state index is 11.2. The van der Waals surface area contributed by atoms with Crippen LogP contribution >= 0.6 is 15.9 Å². The summed E-state index contributed by atoms with van der Waals surface area (Å²) < 4.78 is 12.1. The number of hydrogen-bond donors (Lipinski definition) is 2. The van der Waals surface area contributed by atoms with Gasteiger partial charge in [0.15, 0.2) is 0 Å². The van der Waals surface area contributed by atoms with Crippen molar-refractivity contribution >= 4 is 38.2 Å². The number of nitrogens with zero attached hydrogens (tertiary/aromatic N) is 1. The lowest BCUT2D eigenvalue weighted by Gasteiger charge is -2.23. The van der Waals surface area contributed by atoms with Gasteiger partial charge in [-0.2, -0.15) is 0 Å². The third kappa shape index (κ3) is 2.95. The average Bonchev–Trinajstić information content (AvgIpc) is 2.25. The summed E-state index contributed by atoms with van der Waals surface area (Å²) in [5.41, 5.74) is 6.49. The van der Waals surface area contributed by atoms with Crippen molar-refractivity contribution in [2.45, 2.75) is 18.9 Å². The summed E-state index contributed by atoms with van der Waals surface area (Å²) in [5.74, 6) is 2.27. The summed E-state index contributed by atoms with van der Waals surface area (Å²) in [7, 11) is -0.627. The Morgan fingerprint density at radius 3 is 2.81 bits per heavy atom. The summed E-state index contributed by atoms with van der Waals surface area (Å²) in [6.45, 7) is 0. The Morgan fingerprint density at radius 1 is 1.50 bits per heavy atom. The van der Waals surface area contributed by atoms with Crippen LogP contribution in [0.3, 0.4) is 0 Å². The molecule has 1 aromatic rings. The van der Waals surface area contributed by atoms with Crippen LogP contribution in [0.15, 0.2) is 16.7 Å². The fourth-order valence-corrected chi connectivity index (χ4v) is 3.35. The van der Waals surface area contributed by atoms with Crippen molar-refractivity contribution in [3.8, 4) is 0 Å². The van der Waals surface area contributed by atoms with Gasteiger partial charge in [0.2, 0.25) is 0 Å². The molecule has 0 unspecified atom stereocenters. The predicted octanol–water partition coefficient (Wildman–Crippen LogP) is 1.75. The van der Waals surface area contributed by atoms with E-state index in [2.05, 4.69) is 26.2 Å². The van der Waals surface area contributed by atoms with Crippen LogP contribution in [0, 0.1) is 0 Å². The summed E-state index contributed by atoms with van der Waals surface area (Å²) in [6, 6.07) is 2.17. The number of halogens is 1. The lowest BCUT2D eigenvalue weighted by atomic mass is 10.1. The lowest BCUT2D eigenvalue weighted by Crippen LogP contribution is -2.30. The minimum Gasteiger partial charge on any atom is -0.396 e. The summed E-state index contributed by atoms with van der Waals surface area (Å²) in [5, 5.41) is 3.31. The minimum absolute atomic E-state index is 0.341. The Bertz CT molecular complexity index is 403. The molecule has 16 heavy (non-hydrogen) atoms. The Kier molecular flexibility index (Phi) is 3.81. The molecule has 1 aliphatic heterocycles. The van der Waals surface area contributed by atoms with Crippen molar-refractivity contribution in [2.75, 3.05) is 22.6 Å². The summed E-state index contributed by atoms with van der Waals surface area (Å²) in [6.07, 6.45) is 3.56. The Labute approximate surface area is 106 Å². The molecule has 0 saturated carbocycles. The molecule has 0 bridgehead atoms. The second kappa shape index (κ2) is 5.14. The molecule has 0 atom stereocenters. The number of nitrogens with one attached hydrogen (secondary N) is 1. The van der Waals surface area contributed by atoms with Gasteiger partial charge in [-0.25, -0.2) is 4.98 Å². The number of hydrogen-bond acceptors (Lipinski definition) is 4. The molecule has 0 aromatic carbocycles. The fourth-order valence-electron chi connectivity index (χ4n) is 1.71. The highest BCUT2D eigenvalue weighted by Crippen LogP contribution is 2.22. The SMILES string of the molecule is Nc1cc(Br)cnc1NC1CCS(=O)CC1. The molecule has 1 fully saturated rings. The van der Waals surface area contributed by atoms with E-state index in [1.165, 1.54) is 0 Å². The number of nitrogen functional groups attached to an aromatic ring is 1. The van der Waals surface area contributed by atoms with Crippen LogP contribution in [-0.2, 0) is 10.8 Å². The van der Waals surface area contributed by atoms with Gasteiger partial charge in [0.25, 0.3) is 0 Å². The largest absolute Gasteiger partial charge is 0.396 e. The summed E-state index contributed by atoms with van der Waals surface area (Å²) >= 11 is 3.32. The quantitative estimate of drug-likeness (QED) is 0.873. The van der Waals surface area contributed by atoms with Gasteiger partial charge in [-0.05, 0) is 34.8 Å². The first-order valence-corrected chi connectivity index (χ1v) is 7.46. The van der Waals surface area contributed by atoms with E-state index in [-0.39, 0.29) is 0 Å². The van der Waals surface area contributed by atoms with Gasteiger partial charge in [0.05, 0.1) is 5.69 Å². The zero-order valence-corrected chi connectivity index (χ0v) is 11.2. The second-order valence-corrected chi connectivity index (χ2v) is 6.47. The molecule has 6 heteroatoms.